The van der Waals surface area contributed by atoms with Crippen LogP contribution in [0.15, 0.2) is 22.9 Å². The largest absolute Gasteiger partial charge is 0.460 e. The third kappa shape index (κ3) is 5.26. The van der Waals surface area contributed by atoms with Crippen molar-refractivity contribution in [1.29, 1.82) is 0 Å². The molecule has 1 heterocycles. The van der Waals surface area contributed by atoms with Gasteiger partial charge in [-0.25, -0.2) is 4.98 Å². The molecule has 0 aliphatic rings. The number of ether oxygens (including phenoxy) is 1. The van der Waals surface area contributed by atoms with Gasteiger partial charge in [0.1, 0.15) is 10.2 Å². The van der Waals surface area contributed by atoms with E-state index in [1.807, 2.05) is 32.9 Å². The fraction of sp³-hybridized carbons (Fsp3) is 0.500. The van der Waals surface area contributed by atoms with Crippen molar-refractivity contribution in [1.82, 2.24) is 4.98 Å². The molecule has 0 aliphatic carbocycles. The van der Waals surface area contributed by atoms with E-state index in [2.05, 4.69) is 20.9 Å². The maximum Gasteiger partial charge on any atom is 0.306 e. The van der Waals surface area contributed by atoms with Crippen LogP contribution in [0.5, 0.6) is 0 Å². The average molecular weight is 286 g/mol. The second-order valence-electron chi connectivity index (χ2n) is 4.58. The Morgan fingerprint density at radius 2 is 2.12 bits per heavy atom. The average Bonchev–Trinajstić information content (AvgIpc) is 2.14. The molecule has 1 aromatic heterocycles. The van der Waals surface area contributed by atoms with Gasteiger partial charge in [0.15, 0.2) is 0 Å². The van der Waals surface area contributed by atoms with E-state index in [0.29, 0.717) is 12.8 Å². The standard InChI is InChI=1S/C12H16BrNO2/c1-12(2,3)16-11(15)7-5-9-4-6-10(13)14-8-9/h4,6,8H,5,7H2,1-3H3. The van der Waals surface area contributed by atoms with Crippen molar-refractivity contribution in [3.63, 3.8) is 0 Å². The molecule has 4 heteroatoms. The highest BCUT2D eigenvalue weighted by Gasteiger charge is 2.15. The van der Waals surface area contributed by atoms with Gasteiger partial charge in [0.2, 0.25) is 0 Å². The predicted octanol–water partition coefficient (Wildman–Crippen LogP) is 3.12. The van der Waals surface area contributed by atoms with Gasteiger partial charge in [0.05, 0.1) is 0 Å². The van der Waals surface area contributed by atoms with E-state index in [1.54, 1.807) is 6.20 Å². The summed E-state index contributed by atoms with van der Waals surface area (Å²) in [5, 5.41) is 0. The van der Waals surface area contributed by atoms with Gasteiger partial charge in [-0.3, -0.25) is 4.79 Å². The molecule has 0 spiro atoms. The molecule has 0 aliphatic heterocycles. The summed E-state index contributed by atoms with van der Waals surface area (Å²) in [6.07, 6.45) is 2.81. The Bertz CT molecular complexity index is 354. The molecule has 16 heavy (non-hydrogen) atoms. The van der Waals surface area contributed by atoms with Crippen molar-refractivity contribution < 1.29 is 9.53 Å². The molecule has 0 amide bonds. The Labute approximate surface area is 104 Å². The Kier molecular flexibility index (Phi) is 4.47. The molecule has 0 bridgehead atoms. The van der Waals surface area contributed by atoms with Gasteiger partial charge in [0.25, 0.3) is 0 Å². The number of nitrogens with zero attached hydrogens (tertiary/aromatic N) is 1. The molecule has 0 N–H and O–H groups in total. The van der Waals surface area contributed by atoms with Gasteiger partial charge in [0, 0.05) is 12.6 Å². The zero-order valence-corrected chi connectivity index (χ0v) is 11.4. The highest BCUT2D eigenvalue weighted by molar-refractivity contribution is 9.10. The first-order chi connectivity index (χ1) is 7.37. The van der Waals surface area contributed by atoms with Gasteiger partial charge in [-0.15, -0.1) is 0 Å². The van der Waals surface area contributed by atoms with Crippen molar-refractivity contribution in [2.75, 3.05) is 0 Å². The summed E-state index contributed by atoms with van der Waals surface area (Å²) < 4.78 is 6.01. The van der Waals surface area contributed by atoms with E-state index in [9.17, 15) is 4.79 Å². The molecular weight excluding hydrogens is 270 g/mol. The second-order valence-corrected chi connectivity index (χ2v) is 5.39. The summed E-state index contributed by atoms with van der Waals surface area (Å²) in [7, 11) is 0. The lowest BCUT2D eigenvalue weighted by atomic mass is 10.1. The quantitative estimate of drug-likeness (QED) is 0.633. The first-order valence-corrected chi connectivity index (χ1v) is 5.98. The van der Waals surface area contributed by atoms with Crippen molar-refractivity contribution in [2.24, 2.45) is 0 Å². The summed E-state index contributed by atoms with van der Waals surface area (Å²) in [6.45, 7) is 5.60. The number of aromatic nitrogens is 1. The molecule has 0 saturated heterocycles. The van der Waals surface area contributed by atoms with Crippen LogP contribution < -0.4 is 0 Å². The van der Waals surface area contributed by atoms with Crippen molar-refractivity contribution in [3.05, 3.63) is 28.5 Å². The van der Waals surface area contributed by atoms with Crippen molar-refractivity contribution in [3.8, 4) is 0 Å². The number of hydrogen-bond acceptors (Lipinski definition) is 3. The summed E-state index contributed by atoms with van der Waals surface area (Å²) in [5.41, 5.74) is 0.628. The van der Waals surface area contributed by atoms with Crippen LogP contribution >= 0.6 is 15.9 Å². The fourth-order valence-electron chi connectivity index (χ4n) is 1.19. The summed E-state index contributed by atoms with van der Waals surface area (Å²) >= 11 is 3.26. The van der Waals surface area contributed by atoms with E-state index in [0.717, 1.165) is 10.2 Å². The number of carbonyl (C=O) groups excluding carboxylic acids is 1. The zero-order chi connectivity index (χ0) is 12.2. The lowest BCUT2D eigenvalue weighted by Gasteiger charge is -2.19. The van der Waals surface area contributed by atoms with Gasteiger partial charge in [-0.05, 0) is 54.8 Å². The number of hydrogen-bond donors (Lipinski definition) is 0. The Hall–Kier alpha value is -0.900. The molecule has 1 aromatic rings. The van der Waals surface area contributed by atoms with Gasteiger partial charge in [-0.2, -0.15) is 0 Å². The van der Waals surface area contributed by atoms with Crippen LogP contribution in [0.2, 0.25) is 0 Å². The van der Waals surface area contributed by atoms with Crippen LogP contribution in [0.4, 0.5) is 0 Å². The molecule has 0 aromatic carbocycles. The molecule has 0 radical (unpaired) electrons. The zero-order valence-electron chi connectivity index (χ0n) is 9.79. The van der Waals surface area contributed by atoms with E-state index >= 15 is 0 Å². The number of aryl methyl sites for hydroxylation is 1. The van der Waals surface area contributed by atoms with Gasteiger partial charge < -0.3 is 4.74 Å². The highest BCUT2D eigenvalue weighted by Crippen LogP contribution is 2.11. The smallest absolute Gasteiger partial charge is 0.306 e. The maximum atomic E-state index is 11.4. The number of halogens is 1. The van der Waals surface area contributed by atoms with Crippen LogP contribution in [-0.2, 0) is 16.0 Å². The third-order valence-electron chi connectivity index (χ3n) is 1.83. The molecule has 0 saturated carbocycles. The number of rotatable bonds is 3. The monoisotopic (exact) mass is 285 g/mol. The molecule has 0 unspecified atom stereocenters. The number of pyridine rings is 1. The maximum absolute atomic E-state index is 11.4. The van der Waals surface area contributed by atoms with Crippen LogP contribution in [0.25, 0.3) is 0 Å². The van der Waals surface area contributed by atoms with E-state index in [1.165, 1.54) is 0 Å². The van der Waals surface area contributed by atoms with Gasteiger partial charge >= 0.3 is 5.97 Å². The fourth-order valence-corrected chi connectivity index (χ4v) is 1.43. The summed E-state index contributed by atoms with van der Waals surface area (Å²) in [4.78, 5) is 15.5. The van der Waals surface area contributed by atoms with E-state index in [4.69, 9.17) is 4.74 Å². The van der Waals surface area contributed by atoms with Crippen LogP contribution in [0, 0.1) is 0 Å². The Morgan fingerprint density at radius 1 is 1.44 bits per heavy atom. The summed E-state index contributed by atoms with van der Waals surface area (Å²) in [6, 6.07) is 3.81. The van der Waals surface area contributed by atoms with E-state index < -0.39 is 5.60 Å². The lowest BCUT2D eigenvalue weighted by molar-refractivity contribution is -0.154. The summed E-state index contributed by atoms with van der Waals surface area (Å²) in [5.74, 6) is -0.171. The van der Waals surface area contributed by atoms with Crippen molar-refractivity contribution >= 4 is 21.9 Å². The molecule has 3 nitrogen and oxygen atoms in total. The predicted molar refractivity (Wildman–Crippen MR) is 66.1 cm³/mol. The minimum absolute atomic E-state index is 0.171. The van der Waals surface area contributed by atoms with Crippen LogP contribution in [0.3, 0.4) is 0 Å². The molecule has 0 fully saturated rings. The minimum atomic E-state index is -0.408. The highest BCUT2D eigenvalue weighted by atomic mass is 79.9. The topological polar surface area (TPSA) is 39.2 Å². The molecule has 88 valence electrons. The minimum Gasteiger partial charge on any atom is -0.460 e. The van der Waals surface area contributed by atoms with Crippen LogP contribution in [0.1, 0.15) is 32.8 Å². The van der Waals surface area contributed by atoms with E-state index in [-0.39, 0.29) is 5.97 Å². The Morgan fingerprint density at radius 3 is 2.62 bits per heavy atom. The first kappa shape index (κ1) is 13.2. The number of carbonyl (C=O) groups is 1. The SMILES string of the molecule is CC(C)(C)OC(=O)CCc1ccc(Br)nc1. The van der Waals surface area contributed by atoms with Crippen LogP contribution in [-0.4, -0.2) is 16.6 Å². The first-order valence-electron chi connectivity index (χ1n) is 5.19. The molecule has 1 rings (SSSR count). The third-order valence-corrected chi connectivity index (χ3v) is 2.30. The van der Waals surface area contributed by atoms with Gasteiger partial charge in [-0.1, -0.05) is 6.07 Å². The van der Waals surface area contributed by atoms with Crippen molar-refractivity contribution in [2.45, 2.75) is 39.2 Å². The molecule has 0 atom stereocenters. The molecular formula is C12H16BrNO2. The number of esters is 1. The normalized spacial score (nSPS) is 11.2. The lowest BCUT2D eigenvalue weighted by Crippen LogP contribution is -2.24. The second kappa shape index (κ2) is 5.43. The Balaban J connectivity index is 2.40.